The monoisotopic (exact) mass is 369 g/mol. The summed E-state index contributed by atoms with van der Waals surface area (Å²) in [5.74, 6) is -0.214. The molecule has 0 bridgehead atoms. The van der Waals surface area contributed by atoms with E-state index < -0.39 is 11.4 Å². The maximum absolute atomic E-state index is 13.1. The molecule has 2 fully saturated rings. The Labute approximate surface area is 156 Å². The van der Waals surface area contributed by atoms with Crippen LogP contribution in [0.5, 0.6) is 0 Å². The lowest BCUT2D eigenvalue weighted by atomic mass is 9.85. The highest BCUT2D eigenvalue weighted by Gasteiger charge is 2.56. The smallest absolute Gasteiger partial charge is 0.327 e. The molecule has 2 aromatic rings. The van der Waals surface area contributed by atoms with Crippen LogP contribution in [0.2, 0.25) is 0 Å². The van der Waals surface area contributed by atoms with Crippen molar-refractivity contribution in [3.05, 3.63) is 54.1 Å². The fourth-order valence-corrected chi connectivity index (χ4v) is 3.89. The van der Waals surface area contributed by atoms with E-state index in [0.29, 0.717) is 38.4 Å². The molecule has 2 aliphatic rings. The fraction of sp³-hybridized carbons (Fsp3) is 0.368. The normalized spacial score (nSPS) is 19.3. The van der Waals surface area contributed by atoms with Crippen molar-refractivity contribution in [2.24, 2.45) is 0 Å². The third-order valence-electron chi connectivity index (χ3n) is 5.40. The van der Waals surface area contributed by atoms with E-state index in [1.54, 1.807) is 4.90 Å². The Morgan fingerprint density at radius 2 is 1.70 bits per heavy atom. The van der Waals surface area contributed by atoms with Gasteiger partial charge in [-0.2, -0.15) is 0 Å². The quantitative estimate of drug-likeness (QED) is 0.775. The lowest BCUT2D eigenvalue weighted by Crippen LogP contribution is -2.56. The highest BCUT2D eigenvalue weighted by atomic mass is 19.1. The van der Waals surface area contributed by atoms with Crippen molar-refractivity contribution in [3.8, 4) is 0 Å². The molecule has 2 saturated heterocycles. The summed E-state index contributed by atoms with van der Waals surface area (Å²) in [6.07, 6.45) is 3.23. The van der Waals surface area contributed by atoms with E-state index in [1.165, 1.54) is 11.9 Å². The molecule has 0 unspecified atom stereocenters. The number of nitrogens with zero attached hydrogens (tertiary/aromatic N) is 5. The summed E-state index contributed by atoms with van der Waals surface area (Å²) in [5.41, 5.74) is 0.135. The van der Waals surface area contributed by atoms with Crippen LogP contribution in [0.25, 0.3) is 0 Å². The minimum absolute atomic E-state index is 0.164. The lowest BCUT2D eigenvalue weighted by Gasteiger charge is -2.42. The van der Waals surface area contributed by atoms with Crippen LogP contribution in [0, 0.1) is 5.82 Å². The average molecular weight is 369 g/mol. The molecule has 4 rings (SSSR count). The number of amides is 3. The van der Waals surface area contributed by atoms with Crippen molar-refractivity contribution < 1.29 is 14.0 Å². The summed E-state index contributed by atoms with van der Waals surface area (Å²) in [7, 11) is 1.53. The van der Waals surface area contributed by atoms with Crippen LogP contribution in [0.4, 0.5) is 15.1 Å². The number of rotatable bonds is 3. The van der Waals surface area contributed by atoms with E-state index in [-0.39, 0.29) is 11.9 Å². The van der Waals surface area contributed by atoms with Gasteiger partial charge in [-0.3, -0.25) is 9.69 Å². The van der Waals surface area contributed by atoms with Gasteiger partial charge in [0.05, 0.1) is 12.4 Å². The van der Waals surface area contributed by atoms with Crippen LogP contribution in [-0.2, 0) is 11.3 Å². The Hall–Kier alpha value is -3.03. The minimum Gasteiger partial charge on any atom is -0.341 e. The first-order chi connectivity index (χ1) is 13.0. The first-order valence-electron chi connectivity index (χ1n) is 8.87. The molecule has 27 heavy (non-hydrogen) atoms. The molecule has 3 heterocycles. The van der Waals surface area contributed by atoms with Crippen molar-refractivity contribution in [1.29, 1.82) is 0 Å². The van der Waals surface area contributed by atoms with E-state index in [0.717, 1.165) is 18.0 Å². The van der Waals surface area contributed by atoms with Crippen LogP contribution in [0.15, 0.2) is 42.7 Å². The number of piperidine rings is 1. The molecule has 1 aromatic carbocycles. The van der Waals surface area contributed by atoms with Crippen molar-refractivity contribution >= 4 is 17.9 Å². The molecule has 1 aromatic heterocycles. The number of hydrogen-bond donors (Lipinski definition) is 0. The van der Waals surface area contributed by atoms with Crippen molar-refractivity contribution in [2.45, 2.75) is 24.9 Å². The van der Waals surface area contributed by atoms with Crippen molar-refractivity contribution in [1.82, 2.24) is 19.8 Å². The highest BCUT2D eigenvalue weighted by Crippen LogP contribution is 2.38. The van der Waals surface area contributed by atoms with Gasteiger partial charge in [-0.25, -0.2) is 19.2 Å². The third-order valence-corrected chi connectivity index (χ3v) is 5.40. The number of anilines is 1. The van der Waals surface area contributed by atoms with Crippen molar-refractivity contribution in [2.75, 3.05) is 25.0 Å². The van der Waals surface area contributed by atoms with E-state index in [9.17, 15) is 14.0 Å². The summed E-state index contributed by atoms with van der Waals surface area (Å²) >= 11 is 0. The van der Waals surface area contributed by atoms with Gasteiger partial charge in [0.1, 0.15) is 5.54 Å². The number of benzene rings is 1. The predicted octanol–water partition coefficient (Wildman–Crippen LogP) is 2.05. The lowest BCUT2D eigenvalue weighted by molar-refractivity contribution is -0.133. The largest absolute Gasteiger partial charge is 0.341 e. The Balaban J connectivity index is 1.57. The van der Waals surface area contributed by atoms with Gasteiger partial charge in [0.15, 0.2) is 5.82 Å². The Bertz CT molecular complexity index is 850. The summed E-state index contributed by atoms with van der Waals surface area (Å²) < 4.78 is 13.1. The van der Waals surface area contributed by atoms with E-state index >= 15 is 0 Å². The van der Waals surface area contributed by atoms with Crippen LogP contribution in [0.3, 0.4) is 0 Å². The molecule has 3 amide bonds. The Morgan fingerprint density at radius 1 is 1.07 bits per heavy atom. The van der Waals surface area contributed by atoms with Gasteiger partial charge in [0, 0.05) is 26.7 Å². The first-order valence-corrected chi connectivity index (χ1v) is 8.87. The van der Waals surface area contributed by atoms with Crippen molar-refractivity contribution in [3.63, 3.8) is 0 Å². The van der Waals surface area contributed by atoms with E-state index in [4.69, 9.17) is 0 Å². The van der Waals surface area contributed by atoms with Gasteiger partial charge in [0.25, 0.3) is 5.91 Å². The zero-order valence-corrected chi connectivity index (χ0v) is 15.0. The predicted molar refractivity (Wildman–Crippen MR) is 96.3 cm³/mol. The third kappa shape index (κ3) is 2.90. The van der Waals surface area contributed by atoms with E-state index in [2.05, 4.69) is 9.97 Å². The molecular weight excluding hydrogens is 349 g/mol. The van der Waals surface area contributed by atoms with Gasteiger partial charge < -0.3 is 9.80 Å². The topological polar surface area (TPSA) is 69.6 Å². The summed E-state index contributed by atoms with van der Waals surface area (Å²) in [4.78, 5) is 38.5. The van der Waals surface area contributed by atoms with Gasteiger partial charge in [0.2, 0.25) is 5.95 Å². The maximum atomic E-state index is 13.1. The molecule has 8 heteroatoms. The Kier molecular flexibility index (Phi) is 4.25. The molecule has 0 radical (unpaired) electrons. The van der Waals surface area contributed by atoms with Crippen LogP contribution < -0.4 is 4.90 Å². The number of imide groups is 1. The number of aromatic nitrogens is 2. The second-order valence-electron chi connectivity index (χ2n) is 6.94. The highest BCUT2D eigenvalue weighted by molar-refractivity contribution is 6.06. The van der Waals surface area contributed by atoms with Crippen LogP contribution in [0.1, 0.15) is 18.4 Å². The Morgan fingerprint density at radius 3 is 2.33 bits per heavy atom. The molecular formula is C19H20FN5O2. The zero-order chi connectivity index (χ0) is 19.0. The standard InChI is InChI=1S/C19H20FN5O2/c1-23-16(26)19(25(18(23)27)13-14-5-3-2-4-6-14)7-9-24(10-8-19)17-21-11-15(20)12-22-17/h2-6,11-12H,7-10,13H2,1H3. The van der Waals surface area contributed by atoms with Crippen LogP contribution in [-0.4, -0.2) is 57.4 Å². The fourth-order valence-electron chi connectivity index (χ4n) is 3.89. The first kappa shape index (κ1) is 17.4. The summed E-state index contributed by atoms with van der Waals surface area (Å²) in [5, 5.41) is 0. The number of hydrogen-bond acceptors (Lipinski definition) is 5. The molecule has 1 spiro atoms. The molecule has 0 N–H and O–H groups in total. The van der Waals surface area contributed by atoms with Gasteiger partial charge in [-0.15, -0.1) is 0 Å². The molecule has 0 atom stereocenters. The molecule has 0 aliphatic carbocycles. The SMILES string of the molecule is CN1C(=O)N(Cc2ccccc2)C2(CCN(c3ncc(F)cn3)CC2)C1=O. The number of carbonyl (C=O) groups is 2. The van der Waals surface area contributed by atoms with Gasteiger partial charge >= 0.3 is 6.03 Å². The number of carbonyl (C=O) groups excluding carboxylic acids is 2. The number of urea groups is 1. The average Bonchev–Trinajstić information content (AvgIpc) is 2.86. The second-order valence-corrected chi connectivity index (χ2v) is 6.94. The van der Waals surface area contributed by atoms with Gasteiger partial charge in [-0.1, -0.05) is 30.3 Å². The maximum Gasteiger partial charge on any atom is 0.327 e. The van der Waals surface area contributed by atoms with E-state index in [1.807, 2.05) is 35.2 Å². The molecule has 2 aliphatic heterocycles. The molecule has 140 valence electrons. The zero-order valence-electron chi connectivity index (χ0n) is 15.0. The van der Waals surface area contributed by atoms with Gasteiger partial charge in [-0.05, 0) is 18.4 Å². The summed E-state index contributed by atoms with van der Waals surface area (Å²) in [6, 6.07) is 9.39. The summed E-state index contributed by atoms with van der Waals surface area (Å²) in [6.45, 7) is 1.43. The molecule has 0 saturated carbocycles. The number of likely N-dealkylation sites (N-methyl/N-ethyl adjacent to an activating group) is 1. The van der Waals surface area contributed by atoms with Crippen LogP contribution >= 0.6 is 0 Å². The second kappa shape index (κ2) is 6.61. The minimum atomic E-state index is -0.849. The number of halogens is 1. The molecule has 7 nitrogen and oxygen atoms in total.